The summed E-state index contributed by atoms with van der Waals surface area (Å²) in [6, 6.07) is 5.68. The van der Waals surface area contributed by atoms with E-state index in [-0.39, 0.29) is 69.1 Å². The van der Waals surface area contributed by atoms with Gasteiger partial charge in [-0.2, -0.15) is 0 Å². The summed E-state index contributed by atoms with van der Waals surface area (Å²) in [7, 11) is 1.30. The third-order valence-corrected chi connectivity index (χ3v) is 11.6. The molecular weight excluding hydrogens is 817 g/mol. The van der Waals surface area contributed by atoms with Crippen LogP contribution < -0.4 is 20.6 Å². The number of methoxy groups -OCH3 is 1. The predicted octanol–water partition coefficient (Wildman–Crippen LogP) is 5.82. The zero-order chi connectivity index (χ0) is 40.8. The molecule has 0 radical (unpaired) electrons. The smallest absolute Gasteiger partial charge is 0.657 e. The average molecular weight is 874 g/mol. The first-order valence-electron chi connectivity index (χ1n) is 19.9. The number of rotatable bonds is 16. The van der Waals surface area contributed by atoms with Gasteiger partial charge in [0.2, 0.25) is 5.91 Å². The van der Waals surface area contributed by atoms with Gasteiger partial charge in [-0.05, 0) is 52.3 Å². The topological polar surface area (TPSA) is 179 Å². The van der Waals surface area contributed by atoms with E-state index in [1.807, 2.05) is 39.0 Å². The first-order valence-corrected chi connectivity index (χ1v) is 19.9. The first-order chi connectivity index (χ1) is 26.7. The molecule has 5 heterocycles. The van der Waals surface area contributed by atoms with E-state index in [1.54, 1.807) is 0 Å². The number of aromatic nitrogens is 4. The molecule has 14 heteroatoms. The Morgan fingerprint density at radius 2 is 1.46 bits per heavy atom. The summed E-state index contributed by atoms with van der Waals surface area (Å²) in [5.41, 5.74) is 7.26. The van der Waals surface area contributed by atoms with E-state index in [0.717, 1.165) is 44.0 Å². The number of Topliss-reactive ketones (excluding diaryl/α,β-unsaturated/α-hetero) is 1. The van der Waals surface area contributed by atoms with Crippen molar-refractivity contribution in [2.45, 2.75) is 105 Å². The summed E-state index contributed by atoms with van der Waals surface area (Å²) in [6.45, 7) is 20.3. The van der Waals surface area contributed by atoms with E-state index < -0.39 is 17.9 Å². The van der Waals surface area contributed by atoms with Gasteiger partial charge >= 0.3 is 32.4 Å². The Labute approximate surface area is 349 Å². The van der Waals surface area contributed by atoms with E-state index in [4.69, 9.17) is 24.7 Å². The van der Waals surface area contributed by atoms with Crippen LogP contribution in [0.15, 0.2) is 18.2 Å². The van der Waals surface area contributed by atoms with Gasteiger partial charge in [0.15, 0.2) is 5.78 Å². The van der Waals surface area contributed by atoms with Gasteiger partial charge in [-0.1, -0.05) is 63.9 Å². The Hall–Kier alpha value is -4.22. The number of aryl methyl sites for hydroxylation is 2. The van der Waals surface area contributed by atoms with E-state index in [2.05, 4.69) is 43.2 Å². The van der Waals surface area contributed by atoms with Crippen molar-refractivity contribution in [3.05, 3.63) is 68.8 Å². The predicted molar refractivity (Wildman–Crippen MR) is 217 cm³/mol. The van der Waals surface area contributed by atoms with Gasteiger partial charge in [-0.3, -0.25) is 29.1 Å². The van der Waals surface area contributed by atoms with Gasteiger partial charge in [0.05, 0.1) is 13.5 Å². The van der Waals surface area contributed by atoms with Crippen LogP contribution in [0.3, 0.4) is 0 Å². The number of carboxylic acids is 1. The molecule has 0 fully saturated rings. The third kappa shape index (κ3) is 9.91. The molecule has 4 atom stereocenters. The van der Waals surface area contributed by atoms with Crippen LogP contribution in [-0.4, -0.2) is 90.0 Å². The van der Waals surface area contributed by atoms with Crippen molar-refractivity contribution >= 4 is 45.7 Å². The number of carbonyl (C=O) groups is 4. The molecule has 0 aromatic carbocycles. The fraction of sp³-hybridized carbons (Fsp3) is 0.535. The van der Waals surface area contributed by atoms with Crippen LogP contribution in [0.5, 0.6) is 0 Å². The number of fused-ring (bicyclic) bond motifs is 8. The Balaban J connectivity index is 0.00000720. The van der Waals surface area contributed by atoms with Crippen molar-refractivity contribution in [3.8, 4) is 0 Å². The quantitative estimate of drug-likeness (QED) is 0.0682. The minimum atomic E-state index is -0.959. The number of aliphatic carboxylic acids is 1. The van der Waals surface area contributed by atoms with E-state index in [9.17, 15) is 24.3 Å². The Morgan fingerprint density at radius 1 is 0.842 bits per heavy atom. The van der Waals surface area contributed by atoms with Gasteiger partial charge in [-0.15, -0.1) is 22.1 Å². The van der Waals surface area contributed by atoms with E-state index >= 15 is 0 Å². The largest absolute Gasteiger partial charge is 2.00 e. The van der Waals surface area contributed by atoms with Crippen molar-refractivity contribution in [1.29, 1.82) is 0 Å². The number of hydrogen-bond donors (Lipinski definition) is 3. The van der Waals surface area contributed by atoms with Crippen molar-refractivity contribution < 1.29 is 49.4 Å². The molecule has 0 spiro atoms. The molecule has 0 saturated heterocycles. The second-order valence-corrected chi connectivity index (χ2v) is 15.0. The SMILES string of the molecule is CC[C@H]1c2cc3[n-]c(c(CC(=O)OC)c4nc(cc5[n-]c(cc(n2)[C@@H]1C)c(C(C)=O)c5C)[C@@H](C)[C@@H]4CCC(=O)O)c(C(=O)NCCNCCN(CC)CC)c3C.[Pd+2]. The number of carbonyl (C=O) groups excluding carboxylic acids is 3. The molecule has 3 N–H and O–H groups in total. The van der Waals surface area contributed by atoms with E-state index in [1.165, 1.54) is 14.0 Å². The van der Waals surface area contributed by atoms with Crippen LogP contribution in [0.25, 0.3) is 22.1 Å². The maximum Gasteiger partial charge on any atom is 2.00 e. The second-order valence-electron chi connectivity index (χ2n) is 15.0. The van der Waals surface area contributed by atoms with Gasteiger partial charge in [0.25, 0.3) is 0 Å². The van der Waals surface area contributed by atoms with Crippen molar-refractivity contribution in [2.75, 3.05) is 46.4 Å². The molecule has 13 nitrogen and oxygen atoms in total. The summed E-state index contributed by atoms with van der Waals surface area (Å²) in [4.78, 5) is 75.2. The molecule has 0 aliphatic carbocycles. The minimum Gasteiger partial charge on any atom is -0.657 e. The molecular formula is C43H57N7O6Pd. The molecule has 2 aliphatic heterocycles. The Bertz CT molecular complexity index is 2140. The van der Waals surface area contributed by atoms with Crippen molar-refractivity contribution in [3.63, 3.8) is 0 Å². The minimum absolute atomic E-state index is 0. The Kier molecular flexibility index (Phi) is 15.9. The maximum atomic E-state index is 14.3. The molecule has 0 saturated carbocycles. The van der Waals surface area contributed by atoms with Gasteiger partial charge in [0, 0.05) is 90.2 Å². The molecule has 8 bridgehead atoms. The summed E-state index contributed by atoms with van der Waals surface area (Å²) >= 11 is 0. The maximum absolute atomic E-state index is 14.3. The fourth-order valence-electron chi connectivity index (χ4n) is 8.22. The number of ether oxygens (including phenoxy) is 1. The number of nitrogens with one attached hydrogen (secondary N) is 2. The molecule has 2 aliphatic rings. The standard InChI is InChI=1S/C43H59N7O6.Pd/c1-10-28-23(4)31-22-36-39(27(8)51)25(6)33(47-36)20-32-24(5)29(13-14-37(52)53)41(48-32)30(19-38(54)56-9)42-40(26(7)34(49-42)21-35(28)46-31)43(55)45-16-15-44-17-18-50(11-2)12-3;/h20-24,28-29,44H,10-19H2,1-9H3,(H4,45,46,47,48,49,51,52,53,55);/q;+2/p-2/t23-,24+,28-,29+;/m1./s1. The van der Waals surface area contributed by atoms with Crippen LogP contribution in [-0.2, 0) is 41.2 Å². The van der Waals surface area contributed by atoms with E-state index in [0.29, 0.717) is 74.4 Å². The monoisotopic (exact) mass is 873 g/mol. The van der Waals surface area contributed by atoms with Crippen LogP contribution >= 0.6 is 0 Å². The number of esters is 1. The number of hydrogen-bond acceptors (Lipinski definition) is 9. The van der Waals surface area contributed by atoms with Crippen LogP contribution in [0, 0.1) is 13.8 Å². The number of ketones is 1. The fourth-order valence-corrected chi connectivity index (χ4v) is 8.22. The number of carboxylic acid groups (broad SMARTS) is 1. The van der Waals surface area contributed by atoms with Crippen LogP contribution in [0.4, 0.5) is 0 Å². The summed E-state index contributed by atoms with van der Waals surface area (Å²) in [6.07, 6.45) is 0.646. The first kappa shape index (κ1) is 45.5. The number of amides is 1. The van der Waals surface area contributed by atoms with Crippen molar-refractivity contribution in [2.24, 2.45) is 0 Å². The molecule has 3 aromatic heterocycles. The van der Waals surface area contributed by atoms with Gasteiger partial charge < -0.3 is 35.3 Å². The Morgan fingerprint density at radius 3 is 2.09 bits per heavy atom. The zero-order valence-corrected chi connectivity index (χ0v) is 36.2. The summed E-state index contributed by atoms with van der Waals surface area (Å²) in [5, 5.41) is 16.3. The molecule has 0 unspecified atom stereocenters. The van der Waals surface area contributed by atoms with Crippen LogP contribution in [0.2, 0.25) is 0 Å². The molecule has 1 amide bonds. The number of nitrogens with zero attached hydrogens (tertiary/aromatic N) is 5. The van der Waals surface area contributed by atoms with Gasteiger partial charge in [0.1, 0.15) is 0 Å². The molecule has 5 rings (SSSR count). The summed E-state index contributed by atoms with van der Waals surface area (Å²) in [5.74, 6) is -2.62. The number of likely N-dealkylation sites (N-methyl/N-ethyl adjacent to an activating group) is 1. The summed E-state index contributed by atoms with van der Waals surface area (Å²) < 4.78 is 5.19. The molecule has 310 valence electrons. The normalized spacial score (nSPS) is 17.6. The average Bonchev–Trinajstić information content (AvgIpc) is 3.85. The second kappa shape index (κ2) is 20.0. The van der Waals surface area contributed by atoms with Crippen molar-refractivity contribution in [1.82, 2.24) is 35.5 Å². The molecule has 3 aromatic rings. The van der Waals surface area contributed by atoms with Crippen LogP contribution in [0.1, 0.15) is 145 Å². The molecule has 57 heavy (non-hydrogen) atoms. The third-order valence-electron chi connectivity index (χ3n) is 11.6. The zero-order valence-electron chi connectivity index (χ0n) is 34.7. The van der Waals surface area contributed by atoms with Gasteiger partial charge in [-0.25, -0.2) is 0 Å².